The molecule has 0 aliphatic rings. The zero-order valence-electron chi connectivity index (χ0n) is 13.2. The van der Waals surface area contributed by atoms with E-state index in [9.17, 15) is 4.79 Å². The number of carbonyl (C=O) groups is 1. The van der Waals surface area contributed by atoms with Crippen molar-refractivity contribution in [3.05, 3.63) is 33.3 Å². The highest BCUT2D eigenvalue weighted by Crippen LogP contribution is 2.27. The molecule has 0 bridgehead atoms. The van der Waals surface area contributed by atoms with E-state index in [1.54, 1.807) is 0 Å². The molecule has 0 aliphatic carbocycles. The minimum absolute atomic E-state index is 0.0453. The first kappa shape index (κ1) is 18.3. The van der Waals surface area contributed by atoms with Gasteiger partial charge < -0.3 is 10.1 Å². The Kier molecular flexibility index (Phi) is 6.54. The molecular weight excluding hydrogens is 354 g/mol. The molecule has 0 saturated carbocycles. The zero-order chi connectivity index (χ0) is 16.2. The number of benzene rings is 1. The van der Waals surface area contributed by atoms with Crippen LogP contribution in [0.4, 0.5) is 4.79 Å². The van der Waals surface area contributed by atoms with Crippen LogP contribution >= 0.6 is 27.5 Å². The maximum absolute atomic E-state index is 12.0. The number of hydrogen-bond donors (Lipinski definition) is 1. The first-order valence-electron chi connectivity index (χ1n) is 7.02. The van der Waals surface area contributed by atoms with Crippen molar-refractivity contribution < 1.29 is 9.53 Å². The molecule has 0 aromatic heterocycles. The third-order valence-corrected chi connectivity index (χ3v) is 4.09. The summed E-state index contributed by atoms with van der Waals surface area (Å²) in [5.41, 5.74) is 0.491. The van der Waals surface area contributed by atoms with E-state index in [1.807, 2.05) is 39.0 Å². The molecule has 5 heteroatoms. The first-order valence-corrected chi connectivity index (χ1v) is 8.19. The lowest BCUT2D eigenvalue weighted by Gasteiger charge is -2.26. The van der Waals surface area contributed by atoms with Crippen LogP contribution in [0.15, 0.2) is 22.7 Å². The molecule has 0 aliphatic heterocycles. The van der Waals surface area contributed by atoms with Gasteiger partial charge in [-0.25, -0.2) is 4.79 Å². The van der Waals surface area contributed by atoms with E-state index in [2.05, 4.69) is 35.1 Å². The van der Waals surface area contributed by atoms with Crippen LogP contribution in [-0.4, -0.2) is 17.7 Å². The van der Waals surface area contributed by atoms with Crippen LogP contribution in [0, 0.1) is 5.92 Å². The number of rotatable bonds is 4. The maximum Gasteiger partial charge on any atom is 0.407 e. The van der Waals surface area contributed by atoms with Gasteiger partial charge in [0.25, 0.3) is 0 Å². The first-order chi connectivity index (χ1) is 9.60. The zero-order valence-corrected chi connectivity index (χ0v) is 15.5. The molecule has 1 aromatic rings. The number of hydrogen-bond acceptors (Lipinski definition) is 2. The molecule has 1 rings (SSSR count). The molecule has 1 aromatic carbocycles. The third kappa shape index (κ3) is 6.27. The van der Waals surface area contributed by atoms with Gasteiger partial charge in [0.05, 0.1) is 0 Å². The Morgan fingerprint density at radius 2 is 2.00 bits per heavy atom. The third-order valence-electron chi connectivity index (χ3n) is 2.99. The predicted molar refractivity (Wildman–Crippen MR) is 90.9 cm³/mol. The lowest BCUT2D eigenvalue weighted by Crippen LogP contribution is -2.43. The molecule has 3 nitrogen and oxygen atoms in total. The Morgan fingerprint density at radius 3 is 2.48 bits per heavy atom. The molecule has 1 atom stereocenters. The summed E-state index contributed by atoms with van der Waals surface area (Å²) in [6, 6.07) is 5.65. The van der Waals surface area contributed by atoms with Crippen LogP contribution in [-0.2, 0) is 11.2 Å². The summed E-state index contributed by atoms with van der Waals surface area (Å²) in [7, 11) is 0. The van der Waals surface area contributed by atoms with E-state index in [0.717, 1.165) is 10.0 Å². The lowest BCUT2D eigenvalue weighted by atomic mass is 9.96. The van der Waals surface area contributed by atoms with Crippen LogP contribution in [0.1, 0.15) is 40.2 Å². The van der Waals surface area contributed by atoms with Crippen molar-refractivity contribution in [1.82, 2.24) is 5.32 Å². The van der Waals surface area contributed by atoms with Gasteiger partial charge in [-0.1, -0.05) is 47.4 Å². The number of ether oxygens (including phenoxy) is 1. The number of carbonyl (C=O) groups excluding carboxylic acids is 1. The topological polar surface area (TPSA) is 38.3 Å². The van der Waals surface area contributed by atoms with Crippen molar-refractivity contribution in [3.63, 3.8) is 0 Å². The fourth-order valence-corrected chi connectivity index (χ4v) is 2.75. The number of amides is 1. The molecule has 0 fully saturated rings. The Hall–Kier alpha value is -0.740. The summed E-state index contributed by atoms with van der Waals surface area (Å²) in [5, 5.41) is 3.63. The summed E-state index contributed by atoms with van der Waals surface area (Å²) < 4.78 is 6.27. The lowest BCUT2D eigenvalue weighted by molar-refractivity contribution is 0.0490. The minimum Gasteiger partial charge on any atom is -0.444 e. The molecule has 118 valence electrons. The second kappa shape index (κ2) is 7.50. The normalized spacial score (nSPS) is 13.1. The fraction of sp³-hybridized carbons (Fsp3) is 0.562. The highest BCUT2D eigenvalue weighted by molar-refractivity contribution is 9.10. The summed E-state index contributed by atoms with van der Waals surface area (Å²) in [5.74, 6) is 0.265. The molecule has 0 saturated heterocycles. The number of alkyl carbamates (subject to hydrolysis) is 1. The van der Waals surface area contributed by atoms with Gasteiger partial charge in [0, 0.05) is 15.5 Å². The Morgan fingerprint density at radius 1 is 1.38 bits per heavy atom. The van der Waals surface area contributed by atoms with Crippen molar-refractivity contribution in [2.45, 2.75) is 52.7 Å². The quantitative estimate of drug-likeness (QED) is 0.785. The highest BCUT2D eigenvalue weighted by atomic mass is 79.9. The number of nitrogens with one attached hydrogen (secondary N) is 1. The minimum atomic E-state index is -0.503. The second-order valence-corrected chi connectivity index (χ2v) is 7.66. The molecule has 0 heterocycles. The van der Waals surface area contributed by atoms with Gasteiger partial charge in [0.1, 0.15) is 5.60 Å². The van der Waals surface area contributed by atoms with Crippen LogP contribution < -0.4 is 5.32 Å². The molecule has 0 spiro atoms. The van der Waals surface area contributed by atoms with Gasteiger partial charge in [-0.15, -0.1) is 0 Å². The van der Waals surface area contributed by atoms with Crippen molar-refractivity contribution >= 4 is 33.6 Å². The van der Waals surface area contributed by atoms with Gasteiger partial charge in [-0.2, -0.15) is 0 Å². The monoisotopic (exact) mass is 375 g/mol. The SMILES string of the molecule is CC(C)[C@@H](Cc1c(Cl)cccc1Br)NC(=O)OC(C)(C)C. The fourth-order valence-electron chi connectivity index (χ4n) is 1.86. The summed E-state index contributed by atoms with van der Waals surface area (Å²) in [4.78, 5) is 12.0. The molecule has 0 unspecified atom stereocenters. The van der Waals surface area contributed by atoms with Gasteiger partial charge in [0.2, 0.25) is 0 Å². The van der Waals surface area contributed by atoms with Crippen molar-refractivity contribution in [2.75, 3.05) is 0 Å². The molecule has 1 amide bonds. The van der Waals surface area contributed by atoms with Gasteiger partial charge in [0.15, 0.2) is 0 Å². The highest BCUT2D eigenvalue weighted by Gasteiger charge is 2.23. The Balaban J connectivity index is 2.82. The predicted octanol–water partition coefficient (Wildman–Crippen LogP) is 5.19. The molecule has 21 heavy (non-hydrogen) atoms. The molecule has 0 radical (unpaired) electrons. The van der Waals surface area contributed by atoms with E-state index < -0.39 is 11.7 Å². The Bertz CT molecular complexity index is 477. The summed E-state index contributed by atoms with van der Waals surface area (Å²) in [6.07, 6.45) is 0.251. The largest absolute Gasteiger partial charge is 0.444 e. The Labute approximate surface area is 140 Å². The van der Waals surface area contributed by atoms with Gasteiger partial charge in [-0.05, 0) is 50.8 Å². The van der Waals surface area contributed by atoms with E-state index in [4.69, 9.17) is 16.3 Å². The van der Waals surface area contributed by atoms with E-state index in [-0.39, 0.29) is 12.0 Å². The second-order valence-electron chi connectivity index (χ2n) is 6.40. The average molecular weight is 377 g/mol. The van der Waals surface area contributed by atoms with Gasteiger partial charge in [-0.3, -0.25) is 0 Å². The van der Waals surface area contributed by atoms with Crippen LogP contribution in [0.2, 0.25) is 5.02 Å². The summed E-state index contributed by atoms with van der Waals surface area (Å²) >= 11 is 9.76. The van der Waals surface area contributed by atoms with Crippen LogP contribution in [0.3, 0.4) is 0 Å². The smallest absolute Gasteiger partial charge is 0.407 e. The maximum atomic E-state index is 12.0. The van der Waals surface area contributed by atoms with Gasteiger partial charge >= 0.3 is 6.09 Å². The molecular formula is C16H23BrClNO2. The van der Waals surface area contributed by atoms with Crippen molar-refractivity contribution in [2.24, 2.45) is 5.92 Å². The van der Waals surface area contributed by atoms with Crippen molar-refractivity contribution in [3.8, 4) is 0 Å². The van der Waals surface area contributed by atoms with E-state index in [1.165, 1.54) is 0 Å². The standard InChI is InChI=1S/C16H23BrClNO2/c1-10(2)14(19-15(20)21-16(3,4)5)9-11-12(17)7-6-8-13(11)18/h6-8,10,14H,9H2,1-5H3,(H,19,20)/t14-/m1/s1. The van der Waals surface area contributed by atoms with E-state index in [0.29, 0.717) is 11.4 Å². The van der Waals surface area contributed by atoms with Crippen LogP contribution in [0.5, 0.6) is 0 Å². The van der Waals surface area contributed by atoms with E-state index >= 15 is 0 Å². The van der Waals surface area contributed by atoms with Crippen LogP contribution in [0.25, 0.3) is 0 Å². The average Bonchev–Trinajstić information content (AvgIpc) is 2.29. The number of halogens is 2. The summed E-state index contributed by atoms with van der Waals surface area (Å²) in [6.45, 7) is 9.67. The van der Waals surface area contributed by atoms with Crippen molar-refractivity contribution in [1.29, 1.82) is 0 Å². The molecule has 1 N–H and O–H groups in total.